The van der Waals surface area contributed by atoms with Crippen molar-refractivity contribution in [2.75, 3.05) is 16.8 Å². The molecule has 0 radical (unpaired) electrons. The third kappa shape index (κ3) is 5.07. The second-order valence-corrected chi connectivity index (χ2v) is 8.42. The van der Waals surface area contributed by atoms with Crippen LogP contribution in [0.3, 0.4) is 0 Å². The number of rotatable bonds is 6. The summed E-state index contributed by atoms with van der Waals surface area (Å²) in [5.41, 5.74) is 2.10. The van der Waals surface area contributed by atoms with Crippen LogP contribution >= 0.6 is 34.4 Å². The normalized spacial score (nSPS) is 11.5. The zero-order chi connectivity index (χ0) is 19.2. The average molecular weight is 417 g/mol. The molecular formula is C18H16N4O2S3. The van der Waals surface area contributed by atoms with Gasteiger partial charge in [-0.05, 0) is 24.6 Å². The van der Waals surface area contributed by atoms with Crippen molar-refractivity contribution in [2.45, 2.75) is 13.5 Å². The van der Waals surface area contributed by atoms with Gasteiger partial charge < -0.3 is 9.88 Å². The number of thioether (sulfide) groups is 1. The van der Waals surface area contributed by atoms with E-state index in [9.17, 15) is 9.59 Å². The number of amides is 2. The highest BCUT2D eigenvalue weighted by Crippen LogP contribution is 2.19. The van der Waals surface area contributed by atoms with Gasteiger partial charge >= 0.3 is 0 Å². The van der Waals surface area contributed by atoms with Gasteiger partial charge in [-0.25, -0.2) is 4.98 Å². The summed E-state index contributed by atoms with van der Waals surface area (Å²) in [6.07, 6.45) is 7.08. The van der Waals surface area contributed by atoms with Gasteiger partial charge in [-0.3, -0.25) is 9.59 Å². The molecular weight excluding hydrogens is 400 g/mol. The van der Waals surface area contributed by atoms with Gasteiger partial charge in [0, 0.05) is 11.6 Å². The van der Waals surface area contributed by atoms with Crippen molar-refractivity contribution in [3.05, 3.63) is 40.1 Å². The Kier molecular flexibility index (Phi) is 6.45. The second kappa shape index (κ2) is 8.99. The number of nitrogens with one attached hydrogen (secondary N) is 1. The molecule has 0 aliphatic carbocycles. The van der Waals surface area contributed by atoms with Crippen LogP contribution in [0.4, 0.5) is 5.13 Å². The van der Waals surface area contributed by atoms with Gasteiger partial charge in [-0.2, -0.15) is 4.99 Å². The van der Waals surface area contributed by atoms with Gasteiger partial charge in [0.05, 0.1) is 28.3 Å². The van der Waals surface area contributed by atoms with E-state index in [0.717, 1.165) is 15.8 Å². The number of fused-ring (bicyclic) bond motifs is 1. The Hall–Kier alpha value is -2.41. The summed E-state index contributed by atoms with van der Waals surface area (Å²) in [6.45, 7) is 2.36. The molecule has 9 heteroatoms. The van der Waals surface area contributed by atoms with E-state index in [0.29, 0.717) is 16.5 Å². The minimum absolute atomic E-state index is 0.120. The zero-order valence-electron chi connectivity index (χ0n) is 14.5. The average Bonchev–Trinajstić information content (AvgIpc) is 3.23. The number of thiazole rings is 2. The van der Waals surface area contributed by atoms with Crippen molar-refractivity contribution >= 4 is 61.6 Å². The maximum absolute atomic E-state index is 12.2. The van der Waals surface area contributed by atoms with Crippen LogP contribution in [0.5, 0.6) is 0 Å². The number of nitrogens with zero attached hydrogens (tertiary/aromatic N) is 3. The quantitative estimate of drug-likeness (QED) is 0.627. The summed E-state index contributed by atoms with van der Waals surface area (Å²) in [5, 5.41) is 5.01. The van der Waals surface area contributed by atoms with Crippen molar-refractivity contribution in [1.29, 1.82) is 0 Å². The summed E-state index contributed by atoms with van der Waals surface area (Å²) >= 11 is 4.00. The lowest BCUT2D eigenvalue weighted by Crippen LogP contribution is -2.18. The second-order valence-electron chi connectivity index (χ2n) is 5.53. The van der Waals surface area contributed by atoms with E-state index >= 15 is 0 Å². The summed E-state index contributed by atoms with van der Waals surface area (Å²) in [4.78, 5) is 32.8. The first-order valence-electron chi connectivity index (χ1n) is 7.95. The molecule has 1 aromatic carbocycles. The first kappa shape index (κ1) is 19.4. The lowest BCUT2D eigenvalue weighted by Gasteiger charge is -2.01. The molecule has 0 aliphatic rings. The molecule has 0 bridgehead atoms. The number of carbonyl (C=O) groups excluding carboxylic acids is 2. The first-order valence-corrected chi connectivity index (χ1v) is 10.8. The fraction of sp³-hybridized carbons (Fsp3) is 0.222. The van der Waals surface area contributed by atoms with Crippen molar-refractivity contribution in [2.24, 2.45) is 4.99 Å². The van der Waals surface area contributed by atoms with Crippen molar-refractivity contribution < 1.29 is 9.59 Å². The number of terminal acetylenes is 1. The number of hydrogen-bond acceptors (Lipinski definition) is 6. The van der Waals surface area contributed by atoms with Gasteiger partial charge in [0.2, 0.25) is 5.91 Å². The Morgan fingerprint density at radius 1 is 1.41 bits per heavy atom. The van der Waals surface area contributed by atoms with Crippen LogP contribution in [-0.4, -0.2) is 32.9 Å². The Morgan fingerprint density at radius 2 is 2.26 bits per heavy atom. The van der Waals surface area contributed by atoms with E-state index in [1.54, 1.807) is 11.6 Å². The van der Waals surface area contributed by atoms with E-state index in [2.05, 4.69) is 21.2 Å². The molecule has 0 unspecified atom stereocenters. The predicted molar refractivity (Wildman–Crippen MR) is 112 cm³/mol. The molecule has 0 aliphatic heterocycles. The van der Waals surface area contributed by atoms with Crippen LogP contribution in [0.2, 0.25) is 0 Å². The highest BCUT2D eigenvalue weighted by molar-refractivity contribution is 8.00. The third-order valence-electron chi connectivity index (χ3n) is 3.45. The molecule has 138 valence electrons. The summed E-state index contributed by atoms with van der Waals surface area (Å²) in [5.74, 6) is 2.40. The summed E-state index contributed by atoms with van der Waals surface area (Å²) in [6, 6.07) is 6.04. The number of benzene rings is 1. The van der Waals surface area contributed by atoms with E-state index in [4.69, 9.17) is 6.42 Å². The maximum Gasteiger partial charge on any atom is 0.258 e. The largest absolute Gasteiger partial charge is 0.305 e. The van der Waals surface area contributed by atoms with Gasteiger partial charge in [0.25, 0.3) is 5.91 Å². The van der Waals surface area contributed by atoms with Crippen molar-refractivity contribution in [1.82, 2.24) is 9.55 Å². The van der Waals surface area contributed by atoms with E-state index in [1.807, 2.05) is 29.7 Å². The van der Waals surface area contributed by atoms with Crippen molar-refractivity contribution in [3.8, 4) is 12.3 Å². The third-order valence-corrected chi connectivity index (χ3v) is 6.09. The SMILES string of the molecule is C#CCn1c(=NC(=O)CSCC(=O)Nc2nccs2)sc2cc(C)ccc21. The zero-order valence-corrected chi connectivity index (χ0v) is 16.9. The van der Waals surface area contributed by atoms with E-state index < -0.39 is 0 Å². The van der Waals surface area contributed by atoms with Crippen LogP contribution in [-0.2, 0) is 16.1 Å². The lowest BCUT2D eigenvalue weighted by atomic mass is 10.2. The van der Waals surface area contributed by atoms with Crippen LogP contribution in [0.15, 0.2) is 34.8 Å². The van der Waals surface area contributed by atoms with E-state index in [-0.39, 0.29) is 23.3 Å². The van der Waals surface area contributed by atoms with Gasteiger partial charge in [-0.1, -0.05) is 23.3 Å². The molecule has 0 saturated carbocycles. The fourth-order valence-electron chi connectivity index (χ4n) is 2.32. The van der Waals surface area contributed by atoms with Gasteiger partial charge in [0.1, 0.15) is 0 Å². The lowest BCUT2D eigenvalue weighted by molar-refractivity contribution is -0.115. The Bertz CT molecular complexity index is 1070. The molecule has 2 aromatic heterocycles. The molecule has 2 amide bonds. The highest BCUT2D eigenvalue weighted by Gasteiger charge is 2.09. The van der Waals surface area contributed by atoms with Crippen LogP contribution in [0.1, 0.15) is 5.56 Å². The molecule has 2 heterocycles. The van der Waals surface area contributed by atoms with E-state index in [1.165, 1.54) is 34.4 Å². The van der Waals surface area contributed by atoms with Crippen LogP contribution < -0.4 is 10.1 Å². The Labute approximate surface area is 168 Å². The molecule has 6 nitrogen and oxygen atoms in total. The van der Waals surface area contributed by atoms with Gasteiger partial charge in [0.15, 0.2) is 9.93 Å². The Morgan fingerprint density at radius 3 is 3.00 bits per heavy atom. The number of aryl methyl sites for hydroxylation is 1. The monoisotopic (exact) mass is 416 g/mol. The number of hydrogen-bond donors (Lipinski definition) is 1. The maximum atomic E-state index is 12.2. The molecule has 3 aromatic rings. The van der Waals surface area contributed by atoms with Crippen molar-refractivity contribution in [3.63, 3.8) is 0 Å². The fourth-order valence-corrected chi connectivity index (χ4v) is 4.61. The highest BCUT2D eigenvalue weighted by atomic mass is 32.2. The topological polar surface area (TPSA) is 76.3 Å². The predicted octanol–water partition coefficient (Wildman–Crippen LogP) is 2.90. The number of aromatic nitrogens is 2. The first-order chi connectivity index (χ1) is 13.1. The molecule has 0 spiro atoms. The number of carbonyl (C=O) groups is 2. The standard InChI is InChI=1S/C18H16N4O2S3/c1-3-7-22-13-5-4-12(2)9-14(13)27-18(22)21-16(24)11-25-10-15(23)20-17-19-6-8-26-17/h1,4-6,8-9H,7,10-11H2,2H3,(H,19,20,23). The molecule has 1 N–H and O–H groups in total. The molecule has 27 heavy (non-hydrogen) atoms. The van der Waals surface area contributed by atoms with Crippen LogP contribution in [0, 0.1) is 19.3 Å². The molecule has 0 saturated heterocycles. The molecule has 0 atom stereocenters. The van der Waals surface area contributed by atoms with Crippen LogP contribution in [0.25, 0.3) is 10.2 Å². The molecule has 3 rings (SSSR count). The molecule has 0 fully saturated rings. The Balaban J connectivity index is 1.67. The minimum atomic E-state index is -0.295. The minimum Gasteiger partial charge on any atom is -0.305 e. The summed E-state index contributed by atoms with van der Waals surface area (Å²) < 4.78 is 2.89. The summed E-state index contributed by atoms with van der Waals surface area (Å²) in [7, 11) is 0. The number of anilines is 1. The van der Waals surface area contributed by atoms with Gasteiger partial charge in [-0.15, -0.1) is 29.5 Å². The smallest absolute Gasteiger partial charge is 0.258 e.